The summed E-state index contributed by atoms with van der Waals surface area (Å²) in [5.74, 6) is 0.510. The fraction of sp³-hybridized carbons (Fsp3) is 0.957. The second kappa shape index (κ2) is 6.95. The van der Waals surface area contributed by atoms with Gasteiger partial charge in [0.25, 0.3) is 0 Å². The van der Waals surface area contributed by atoms with E-state index in [4.69, 9.17) is 0 Å². The lowest BCUT2D eigenvalue weighted by Crippen LogP contribution is -2.62. The van der Waals surface area contributed by atoms with E-state index in [0.717, 1.165) is 38.5 Å². The summed E-state index contributed by atoms with van der Waals surface area (Å²) in [4.78, 5) is 11.3. The number of hydrogen-bond acceptors (Lipinski definition) is 4. The number of carboxylic acids is 1. The minimum Gasteiger partial charge on any atom is -0.481 e. The first-order chi connectivity index (χ1) is 13.1. The molecule has 0 radical (unpaired) electrons. The van der Waals surface area contributed by atoms with E-state index in [1.54, 1.807) is 0 Å². The third-order valence-corrected chi connectivity index (χ3v) is 10.0. The van der Waals surface area contributed by atoms with E-state index < -0.39 is 12.1 Å². The van der Waals surface area contributed by atoms with Gasteiger partial charge in [0.2, 0.25) is 0 Å². The van der Waals surface area contributed by atoms with E-state index in [2.05, 4.69) is 13.8 Å². The van der Waals surface area contributed by atoms with Gasteiger partial charge in [0.15, 0.2) is 0 Å². The summed E-state index contributed by atoms with van der Waals surface area (Å²) >= 11 is 0. The maximum absolute atomic E-state index is 11.4. The van der Waals surface area contributed by atoms with Gasteiger partial charge in [-0.05, 0) is 91.3 Å². The Morgan fingerprint density at radius 3 is 2.43 bits per heavy atom. The second-order valence-corrected chi connectivity index (χ2v) is 11.1. The molecule has 0 spiro atoms. The largest absolute Gasteiger partial charge is 0.481 e. The zero-order valence-electron chi connectivity index (χ0n) is 17.6. The van der Waals surface area contributed by atoms with E-state index in [-0.39, 0.29) is 59.0 Å². The summed E-state index contributed by atoms with van der Waals surface area (Å²) in [5, 5.41) is 42.1. The highest BCUT2D eigenvalue weighted by molar-refractivity contribution is 5.67. The molecule has 4 fully saturated rings. The van der Waals surface area contributed by atoms with Crippen LogP contribution in [-0.2, 0) is 4.79 Å². The molecule has 0 aromatic carbocycles. The lowest BCUT2D eigenvalue weighted by atomic mass is 9.43. The standard InChI is InChI=1S/C23H38O5/c1-12(8-20(27)28)15-4-5-16-21-17(11-19(26)23(15,16)3)22(2)7-6-14(24)9-13(22)10-18(21)25/h12-19,21,24-26H,4-11H2,1-3H3,(H,27,28)/t12-,13-,14+,15+,16-,17-,18-,19-,21-,22+,23+/m1/s1. The molecule has 0 bridgehead atoms. The van der Waals surface area contributed by atoms with E-state index >= 15 is 0 Å². The molecule has 4 aliphatic rings. The lowest BCUT2D eigenvalue weighted by Gasteiger charge is -2.63. The Morgan fingerprint density at radius 2 is 1.75 bits per heavy atom. The molecule has 4 N–H and O–H groups in total. The number of aliphatic hydroxyl groups is 3. The smallest absolute Gasteiger partial charge is 0.303 e. The van der Waals surface area contributed by atoms with Crippen LogP contribution < -0.4 is 0 Å². The molecular formula is C23H38O5. The second-order valence-electron chi connectivity index (χ2n) is 11.1. The number of aliphatic hydroxyl groups excluding tert-OH is 3. The van der Waals surface area contributed by atoms with Crippen LogP contribution in [0.25, 0.3) is 0 Å². The fourth-order valence-electron chi connectivity index (χ4n) is 8.55. The number of carboxylic acid groups (broad SMARTS) is 1. The first kappa shape index (κ1) is 20.6. The van der Waals surface area contributed by atoms with Gasteiger partial charge in [0.1, 0.15) is 0 Å². The predicted molar refractivity (Wildman–Crippen MR) is 105 cm³/mol. The summed E-state index contributed by atoms with van der Waals surface area (Å²) in [6.45, 7) is 6.52. The molecule has 4 rings (SSSR count). The summed E-state index contributed by atoms with van der Waals surface area (Å²) in [7, 11) is 0. The fourth-order valence-corrected chi connectivity index (χ4v) is 8.55. The van der Waals surface area contributed by atoms with Crippen molar-refractivity contribution in [1.82, 2.24) is 0 Å². The monoisotopic (exact) mass is 394 g/mol. The number of carbonyl (C=O) groups is 1. The van der Waals surface area contributed by atoms with Crippen LogP contribution in [0.2, 0.25) is 0 Å². The van der Waals surface area contributed by atoms with Gasteiger partial charge in [-0.25, -0.2) is 0 Å². The molecule has 4 aliphatic carbocycles. The van der Waals surface area contributed by atoms with Crippen molar-refractivity contribution in [3.05, 3.63) is 0 Å². The SMILES string of the molecule is C[C@H](CC(=O)O)[C@@H]1CC[C@@H]2[C@H]3[C@H](O)C[C@H]4C[C@@H](O)CC[C@]4(C)[C@@H]3C[C@@H](O)[C@]21C. The van der Waals surface area contributed by atoms with Crippen molar-refractivity contribution in [1.29, 1.82) is 0 Å². The minimum atomic E-state index is -0.767. The predicted octanol–water partition coefficient (Wildman–Crippen LogP) is 3.06. The van der Waals surface area contributed by atoms with Gasteiger partial charge in [-0.3, -0.25) is 4.79 Å². The molecule has 0 aromatic rings. The molecule has 160 valence electrons. The Morgan fingerprint density at radius 1 is 1.04 bits per heavy atom. The van der Waals surface area contributed by atoms with Gasteiger partial charge in [0.05, 0.1) is 18.3 Å². The van der Waals surface area contributed by atoms with Crippen LogP contribution in [0.15, 0.2) is 0 Å². The van der Waals surface area contributed by atoms with Crippen molar-refractivity contribution in [2.45, 2.75) is 90.4 Å². The number of aliphatic carboxylic acids is 1. The molecule has 0 saturated heterocycles. The number of rotatable bonds is 3. The van der Waals surface area contributed by atoms with Crippen molar-refractivity contribution < 1.29 is 25.2 Å². The van der Waals surface area contributed by atoms with Crippen molar-refractivity contribution in [2.75, 3.05) is 0 Å². The molecule has 0 heterocycles. The lowest BCUT2D eigenvalue weighted by molar-refractivity contribution is -0.207. The van der Waals surface area contributed by atoms with Crippen LogP contribution in [0.4, 0.5) is 0 Å². The summed E-state index contributed by atoms with van der Waals surface area (Å²) in [6.07, 6.45) is 5.02. The maximum atomic E-state index is 11.4. The van der Waals surface area contributed by atoms with Gasteiger partial charge >= 0.3 is 5.97 Å². The van der Waals surface area contributed by atoms with Crippen LogP contribution in [0, 0.1) is 46.3 Å². The molecule has 11 atom stereocenters. The average Bonchev–Trinajstić information content (AvgIpc) is 2.95. The Balaban J connectivity index is 1.65. The third kappa shape index (κ3) is 2.87. The molecule has 0 aromatic heterocycles. The number of hydrogen-bond donors (Lipinski definition) is 4. The Kier molecular flexibility index (Phi) is 5.12. The highest BCUT2D eigenvalue weighted by Gasteiger charge is 2.65. The van der Waals surface area contributed by atoms with Crippen molar-refractivity contribution in [3.63, 3.8) is 0 Å². The van der Waals surface area contributed by atoms with Gasteiger partial charge in [-0.1, -0.05) is 20.8 Å². The van der Waals surface area contributed by atoms with Crippen LogP contribution in [0.5, 0.6) is 0 Å². The Labute approximate surface area is 168 Å². The van der Waals surface area contributed by atoms with Gasteiger partial charge in [0, 0.05) is 6.42 Å². The maximum Gasteiger partial charge on any atom is 0.303 e. The zero-order valence-corrected chi connectivity index (χ0v) is 17.6. The molecule has 5 heteroatoms. The van der Waals surface area contributed by atoms with Crippen LogP contribution in [0.3, 0.4) is 0 Å². The van der Waals surface area contributed by atoms with E-state index in [1.165, 1.54) is 0 Å². The van der Waals surface area contributed by atoms with Crippen LogP contribution in [-0.4, -0.2) is 44.7 Å². The normalized spacial score (nSPS) is 54.4. The van der Waals surface area contributed by atoms with Crippen molar-refractivity contribution in [3.8, 4) is 0 Å². The van der Waals surface area contributed by atoms with Gasteiger partial charge < -0.3 is 20.4 Å². The molecule has 0 aliphatic heterocycles. The molecule has 0 unspecified atom stereocenters. The third-order valence-electron chi connectivity index (χ3n) is 10.0. The molecular weight excluding hydrogens is 356 g/mol. The zero-order chi connectivity index (χ0) is 20.4. The van der Waals surface area contributed by atoms with Gasteiger partial charge in [-0.2, -0.15) is 0 Å². The van der Waals surface area contributed by atoms with E-state index in [9.17, 15) is 25.2 Å². The quantitative estimate of drug-likeness (QED) is 0.590. The van der Waals surface area contributed by atoms with Gasteiger partial charge in [-0.15, -0.1) is 0 Å². The molecule has 4 saturated carbocycles. The minimum absolute atomic E-state index is 0.0348. The average molecular weight is 395 g/mol. The first-order valence-corrected chi connectivity index (χ1v) is 11.3. The van der Waals surface area contributed by atoms with Crippen molar-refractivity contribution in [2.24, 2.45) is 46.3 Å². The summed E-state index contributed by atoms with van der Waals surface area (Å²) in [6, 6.07) is 0. The molecule has 28 heavy (non-hydrogen) atoms. The van der Waals surface area contributed by atoms with E-state index in [1.807, 2.05) is 6.92 Å². The molecule has 5 nitrogen and oxygen atoms in total. The first-order valence-electron chi connectivity index (χ1n) is 11.3. The highest BCUT2D eigenvalue weighted by atomic mass is 16.4. The summed E-state index contributed by atoms with van der Waals surface area (Å²) < 4.78 is 0. The van der Waals surface area contributed by atoms with Crippen LogP contribution >= 0.6 is 0 Å². The topological polar surface area (TPSA) is 98.0 Å². The summed E-state index contributed by atoms with van der Waals surface area (Å²) in [5.41, 5.74) is -0.232. The van der Waals surface area contributed by atoms with Crippen molar-refractivity contribution >= 4 is 5.97 Å². The Bertz CT molecular complexity index is 622. The van der Waals surface area contributed by atoms with Crippen LogP contribution in [0.1, 0.15) is 72.1 Å². The molecule has 0 amide bonds. The van der Waals surface area contributed by atoms with E-state index in [0.29, 0.717) is 12.3 Å². The number of fused-ring (bicyclic) bond motifs is 5. The Hall–Kier alpha value is -0.650. The highest BCUT2D eigenvalue weighted by Crippen LogP contribution is 2.68.